The third-order valence-corrected chi connectivity index (χ3v) is 6.48. The number of nitrogens with zero attached hydrogens (tertiary/aromatic N) is 2. The van der Waals surface area contributed by atoms with Gasteiger partial charge in [0.25, 0.3) is 5.91 Å². The van der Waals surface area contributed by atoms with E-state index in [9.17, 15) is 13.6 Å². The highest BCUT2D eigenvalue weighted by molar-refractivity contribution is 6.64. The summed E-state index contributed by atoms with van der Waals surface area (Å²) in [5.41, 5.74) is 0.432. The molecule has 0 atom stereocenters. The van der Waals surface area contributed by atoms with Gasteiger partial charge in [-0.3, -0.25) is 4.79 Å². The normalized spacial score (nSPS) is 19.4. The predicted molar refractivity (Wildman–Crippen MR) is 127 cm³/mol. The number of aromatic nitrogens is 1. The molecule has 0 unspecified atom stereocenters. The summed E-state index contributed by atoms with van der Waals surface area (Å²) in [4.78, 5) is 19.8. The third kappa shape index (κ3) is 5.18. The van der Waals surface area contributed by atoms with Gasteiger partial charge < -0.3 is 24.3 Å². The van der Waals surface area contributed by atoms with Crippen molar-refractivity contribution in [2.24, 2.45) is 0 Å². The first-order chi connectivity index (χ1) is 15.8. The summed E-state index contributed by atoms with van der Waals surface area (Å²) in [6, 6.07) is 7.50. The van der Waals surface area contributed by atoms with E-state index in [4.69, 9.17) is 9.31 Å². The van der Waals surface area contributed by atoms with Crippen LogP contribution in [0.5, 0.6) is 5.75 Å². The van der Waals surface area contributed by atoms with Gasteiger partial charge in [0.05, 0.1) is 16.8 Å². The Morgan fingerprint density at radius 2 is 1.71 bits per heavy atom. The molecule has 3 heterocycles. The van der Waals surface area contributed by atoms with Crippen molar-refractivity contribution >= 4 is 30.0 Å². The molecule has 2 aromatic rings. The molecule has 0 radical (unpaired) electrons. The standard InChI is InChI=1S/C24H30BF2N3O4/c1-22(2)23(3,4)34-25(33-22)19-14-16(15-28-20(19)30-12-6-7-13-30)21(31)29-17-8-10-18(11-9-17)32-24(5,26)27/h8-11,14-15H,6-7,12-13H2,1-5H3,(H,29,31). The van der Waals surface area contributed by atoms with E-state index in [0.717, 1.165) is 31.7 Å². The summed E-state index contributed by atoms with van der Waals surface area (Å²) in [7, 11) is -0.659. The van der Waals surface area contributed by atoms with Gasteiger partial charge in [-0.2, -0.15) is 8.78 Å². The Bertz CT molecular complexity index is 1040. The highest BCUT2D eigenvalue weighted by Crippen LogP contribution is 2.37. The number of hydrogen-bond donors (Lipinski definition) is 1. The SMILES string of the molecule is CC(F)(F)Oc1ccc(NC(=O)c2cnc(N3CCCC3)c(B3OC(C)(C)C(C)(C)O3)c2)cc1. The van der Waals surface area contributed by atoms with Crippen LogP contribution in [0.4, 0.5) is 20.3 Å². The van der Waals surface area contributed by atoms with Gasteiger partial charge in [-0.15, -0.1) is 0 Å². The first-order valence-electron chi connectivity index (χ1n) is 11.4. The zero-order chi connectivity index (χ0) is 24.7. The van der Waals surface area contributed by atoms with E-state index in [1.807, 2.05) is 27.7 Å². The molecule has 1 amide bonds. The number of rotatable bonds is 6. The predicted octanol–water partition coefficient (Wildman–Crippen LogP) is 4.22. The van der Waals surface area contributed by atoms with Crippen molar-refractivity contribution in [3.05, 3.63) is 42.1 Å². The minimum absolute atomic E-state index is 0.00479. The Morgan fingerprint density at radius 3 is 2.26 bits per heavy atom. The van der Waals surface area contributed by atoms with E-state index in [0.29, 0.717) is 23.6 Å². The lowest BCUT2D eigenvalue weighted by atomic mass is 9.78. The van der Waals surface area contributed by atoms with E-state index in [2.05, 4.69) is 19.9 Å². The number of carbonyl (C=O) groups is 1. The van der Waals surface area contributed by atoms with Crippen LogP contribution in [-0.2, 0) is 9.31 Å². The molecule has 34 heavy (non-hydrogen) atoms. The molecular formula is C24H30BF2N3O4. The van der Waals surface area contributed by atoms with Gasteiger partial charge >= 0.3 is 13.2 Å². The maximum atomic E-state index is 13.0. The molecule has 4 rings (SSSR count). The number of halogens is 2. The Labute approximate surface area is 198 Å². The molecule has 182 valence electrons. The lowest BCUT2D eigenvalue weighted by Gasteiger charge is -2.32. The van der Waals surface area contributed by atoms with Crippen molar-refractivity contribution in [2.45, 2.75) is 64.8 Å². The fourth-order valence-electron chi connectivity index (χ4n) is 3.95. The van der Waals surface area contributed by atoms with Gasteiger partial charge in [0.1, 0.15) is 11.6 Å². The lowest BCUT2D eigenvalue weighted by Crippen LogP contribution is -2.41. The second kappa shape index (κ2) is 8.81. The molecule has 2 fully saturated rings. The summed E-state index contributed by atoms with van der Waals surface area (Å²) in [6.45, 7) is 10.4. The van der Waals surface area contributed by atoms with Gasteiger partial charge in [-0.25, -0.2) is 4.98 Å². The fourth-order valence-corrected chi connectivity index (χ4v) is 3.95. The number of carbonyl (C=O) groups excluding carboxylic acids is 1. The number of amides is 1. The molecule has 0 bridgehead atoms. The highest BCUT2D eigenvalue weighted by Gasteiger charge is 2.53. The van der Waals surface area contributed by atoms with Crippen LogP contribution in [-0.4, -0.2) is 48.4 Å². The number of pyridine rings is 1. The number of ether oxygens (including phenoxy) is 1. The molecule has 0 aliphatic carbocycles. The maximum absolute atomic E-state index is 13.0. The van der Waals surface area contributed by atoms with Gasteiger partial charge in [-0.1, -0.05) is 0 Å². The molecule has 10 heteroatoms. The van der Waals surface area contributed by atoms with Crippen LogP contribution < -0.4 is 20.4 Å². The van der Waals surface area contributed by atoms with Crippen LogP contribution in [0, 0.1) is 0 Å². The summed E-state index contributed by atoms with van der Waals surface area (Å²) in [6.07, 6.45) is 0.414. The second-order valence-corrected chi connectivity index (χ2v) is 9.81. The van der Waals surface area contributed by atoms with Crippen LogP contribution in [0.1, 0.15) is 57.8 Å². The van der Waals surface area contributed by atoms with Gasteiger partial charge in [0.15, 0.2) is 0 Å². The first-order valence-corrected chi connectivity index (χ1v) is 11.4. The molecule has 2 aliphatic rings. The van der Waals surface area contributed by atoms with Crippen molar-refractivity contribution < 1.29 is 27.6 Å². The topological polar surface area (TPSA) is 72.9 Å². The summed E-state index contributed by atoms with van der Waals surface area (Å²) in [5.74, 6) is 0.382. The molecular weight excluding hydrogens is 443 g/mol. The average molecular weight is 473 g/mol. The van der Waals surface area contributed by atoms with Crippen molar-refractivity contribution in [2.75, 3.05) is 23.3 Å². The zero-order valence-electron chi connectivity index (χ0n) is 20.2. The smallest absolute Gasteiger partial charge is 0.433 e. The van der Waals surface area contributed by atoms with Crippen LogP contribution in [0.3, 0.4) is 0 Å². The van der Waals surface area contributed by atoms with Crippen molar-refractivity contribution in [3.8, 4) is 5.75 Å². The Balaban J connectivity index is 1.58. The van der Waals surface area contributed by atoms with Gasteiger partial charge in [-0.05, 0) is 70.9 Å². The van der Waals surface area contributed by atoms with Crippen LogP contribution in [0.2, 0.25) is 0 Å². The molecule has 0 saturated carbocycles. The molecule has 7 nitrogen and oxygen atoms in total. The molecule has 2 aliphatic heterocycles. The highest BCUT2D eigenvalue weighted by atomic mass is 19.3. The van der Waals surface area contributed by atoms with Crippen LogP contribution >= 0.6 is 0 Å². The van der Waals surface area contributed by atoms with E-state index in [-0.39, 0.29) is 11.7 Å². The quantitative estimate of drug-likeness (QED) is 0.634. The van der Waals surface area contributed by atoms with E-state index in [1.54, 1.807) is 6.07 Å². The summed E-state index contributed by atoms with van der Waals surface area (Å²) >= 11 is 0. The van der Waals surface area contributed by atoms with Crippen molar-refractivity contribution in [1.82, 2.24) is 4.98 Å². The number of nitrogens with one attached hydrogen (secondary N) is 1. The van der Waals surface area contributed by atoms with Crippen LogP contribution in [0.15, 0.2) is 36.5 Å². The minimum atomic E-state index is -3.28. The van der Waals surface area contributed by atoms with E-state index >= 15 is 0 Å². The summed E-state index contributed by atoms with van der Waals surface area (Å²) < 4.78 is 43.1. The first kappa shape index (κ1) is 24.4. The third-order valence-electron chi connectivity index (χ3n) is 6.48. The summed E-state index contributed by atoms with van der Waals surface area (Å²) in [5, 5.41) is 2.77. The monoisotopic (exact) mass is 473 g/mol. The number of benzene rings is 1. The molecule has 1 aromatic carbocycles. The van der Waals surface area contributed by atoms with E-state index < -0.39 is 24.4 Å². The maximum Gasteiger partial charge on any atom is 0.498 e. The van der Waals surface area contributed by atoms with Crippen molar-refractivity contribution in [3.63, 3.8) is 0 Å². The average Bonchev–Trinajstić information content (AvgIpc) is 3.34. The molecule has 1 N–H and O–H groups in total. The van der Waals surface area contributed by atoms with Crippen LogP contribution in [0.25, 0.3) is 0 Å². The molecule has 1 aromatic heterocycles. The second-order valence-electron chi connectivity index (χ2n) is 9.81. The lowest BCUT2D eigenvalue weighted by molar-refractivity contribution is -0.158. The van der Waals surface area contributed by atoms with E-state index in [1.165, 1.54) is 30.5 Å². The Kier molecular flexibility index (Phi) is 6.33. The van der Waals surface area contributed by atoms with Gasteiger partial charge in [0.2, 0.25) is 0 Å². The largest absolute Gasteiger partial charge is 0.498 e. The Hall–Kier alpha value is -2.72. The zero-order valence-corrected chi connectivity index (χ0v) is 20.2. The fraction of sp³-hybridized carbons (Fsp3) is 0.500. The molecule has 0 spiro atoms. The van der Waals surface area contributed by atoms with Crippen molar-refractivity contribution in [1.29, 1.82) is 0 Å². The number of alkyl halides is 2. The molecule has 2 saturated heterocycles. The Morgan fingerprint density at radius 1 is 1.12 bits per heavy atom. The van der Waals surface area contributed by atoms with Gasteiger partial charge in [0, 0.05) is 37.4 Å². The number of anilines is 2. The minimum Gasteiger partial charge on any atom is -0.433 e. The number of hydrogen-bond acceptors (Lipinski definition) is 6.